The number of amides is 1. The lowest BCUT2D eigenvalue weighted by molar-refractivity contribution is -0.123. The summed E-state index contributed by atoms with van der Waals surface area (Å²) in [6, 6.07) is -0.531. The molecule has 46 heavy (non-hydrogen) atoms. The van der Waals surface area contributed by atoms with E-state index in [-0.39, 0.29) is 12.5 Å². The Hall–Kier alpha value is -1.39. The zero-order chi connectivity index (χ0) is 33.6. The van der Waals surface area contributed by atoms with Crippen LogP contribution in [0.4, 0.5) is 0 Å². The van der Waals surface area contributed by atoms with E-state index in [2.05, 4.69) is 55.6 Å². The number of nitrogens with one attached hydrogen (secondary N) is 1. The maximum Gasteiger partial charge on any atom is 0.220 e. The molecule has 2 unspecified atom stereocenters. The molecule has 0 aromatic carbocycles. The van der Waals surface area contributed by atoms with Gasteiger partial charge in [-0.3, -0.25) is 4.79 Å². The van der Waals surface area contributed by atoms with Gasteiger partial charge in [-0.1, -0.05) is 185 Å². The molecular weight excluding hydrogens is 566 g/mol. The normalized spacial score (nSPS) is 13.4. The van der Waals surface area contributed by atoms with Crippen LogP contribution >= 0.6 is 0 Å². The molecule has 0 saturated carbocycles. The highest BCUT2D eigenvalue weighted by Gasteiger charge is 2.19. The van der Waals surface area contributed by atoms with Gasteiger partial charge in [0.2, 0.25) is 5.91 Å². The van der Waals surface area contributed by atoms with E-state index in [4.69, 9.17) is 0 Å². The Morgan fingerprint density at radius 3 is 1.33 bits per heavy atom. The molecule has 0 fully saturated rings. The molecule has 4 heteroatoms. The lowest BCUT2D eigenvalue weighted by atomic mass is 10.0. The topological polar surface area (TPSA) is 69.6 Å². The summed E-state index contributed by atoms with van der Waals surface area (Å²) in [4.78, 5) is 12.2. The fourth-order valence-corrected chi connectivity index (χ4v) is 6.01. The molecule has 0 aliphatic rings. The van der Waals surface area contributed by atoms with Crippen LogP contribution in [0, 0.1) is 0 Å². The zero-order valence-electron chi connectivity index (χ0n) is 30.8. The van der Waals surface area contributed by atoms with Gasteiger partial charge < -0.3 is 15.5 Å². The maximum atomic E-state index is 12.2. The number of carbonyl (C=O) groups excluding carboxylic acids is 1. The van der Waals surface area contributed by atoms with Crippen LogP contribution in [0.15, 0.2) is 36.5 Å². The molecule has 0 aromatic heterocycles. The molecule has 0 aliphatic carbocycles. The van der Waals surface area contributed by atoms with Crippen molar-refractivity contribution < 1.29 is 15.0 Å². The third kappa shape index (κ3) is 34.0. The first-order valence-corrected chi connectivity index (χ1v) is 20.2. The van der Waals surface area contributed by atoms with E-state index in [1.54, 1.807) is 0 Å². The van der Waals surface area contributed by atoms with Crippen LogP contribution in [0.25, 0.3) is 0 Å². The van der Waals surface area contributed by atoms with Gasteiger partial charge in [-0.25, -0.2) is 0 Å². The second kappa shape index (κ2) is 38.1. The number of hydrogen-bond acceptors (Lipinski definition) is 3. The minimum absolute atomic E-state index is 0.0400. The second-order valence-electron chi connectivity index (χ2n) is 13.7. The minimum Gasteiger partial charge on any atom is -0.394 e. The maximum absolute atomic E-state index is 12.2. The number of hydrogen-bond donors (Lipinski definition) is 3. The molecule has 4 nitrogen and oxygen atoms in total. The molecule has 2 atom stereocenters. The average molecular weight is 646 g/mol. The summed E-state index contributed by atoms with van der Waals surface area (Å²) in [5, 5.41) is 22.7. The second-order valence-corrected chi connectivity index (χ2v) is 13.7. The van der Waals surface area contributed by atoms with Gasteiger partial charge in [0.05, 0.1) is 18.8 Å². The lowest BCUT2D eigenvalue weighted by Crippen LogP contribution is -2.45. The number of allylic oxidation sites excluding steroid dienone is 6. The van der Waals surface area contributed by atoms with Gasteiger partial charge in [-0.15, -0.1) is 0 Å². The van der Waals surface area contributed by atoms with Crippen molar-refractivity contribution in [3.8, 4) is 0 Å². The average Bonchev–Trinajstić information content (AvgIpc) is 3.06. The Morgan fingerprint density at radius 1 is 0.522 bits per heavy atom. The summed E-state index contributed by atoms with van der Waals surface area (Å²) >= 11 is 0. The van der Waals surface area contributed by atoms with Crippen LogP contribution < -0.4 is 5.32 Å². The van der Waals surface area contributed by atoms with Gasteiger partial charge in [0.15, 0.2) is 0 Å². The number of aliphatic hydroxyl groups is 2. The number of carbonyl (C=O) groups is 1. The minimum atomic E-state index is -0.654. The van der Waals surface area contributed by atoms with Crippen LogP contribution in [0.1, 0.15) is 206 Å². The molecule has 3 N–H and O–H groups in total. The third-order valence-electron chi connectivity index (χ3n) is 9.15. The Balaban J connectivity index is 3.41. The highest BCUT2D eigenvalue weighted by atomic mass is 16.3. The highest BCUT2D eigenvalue weighted by Crippen LogP contribution is 2.15. The predicted octanol–water partition coefficient (Wildman–Crippen LogP) is 12.2. The predicted molar refractivity (Wildman–Crippen MR) is 202 cm³/mol. The molecule has 0 aromatic rings. The number of unbranched alkanes of at least 4 members (excludes halogenated alkanes) is 23. The first-order chi connectivity index (χ1) is 22.7. The van der Waals surface area contributed by atoms with Gasteiger partial charge in [0.25, 0.3) is 0 Å². The van der Waals surface area contributed by atoms with Gasteiger partial charge in [0.1, 0.15) is 0 Å². The number of aliphatic hydroxyl groups excluding tert-OH is 2. The van der Waals surface area contributed by atoms with E-state index >= 15 is 0 Å². The fraction of sp³-hybridized carbons (Fsp3) is 0.833. The molecular formula is C42H79NO3. The van der Waals surface area contributed by atoms with Crippen LogP contribution in [-0.2, 0) is 4.79 Å². The third-order valence-corrected chi connectivity index (χ3v) is 9.15. The lowest BCUT2D eigenvalue weighted by Gasteiger charge is -2.22. The van der Waals surface area contributed by atoms with E-state index in [0.717, 1.165) is 38.5 Å². The van der Waals surface area contributed by atoms with E-state index in [0.29, 0.717) is 12.8 Å². The van der Waals surface area contributed by atoms with Crippen LogP contribution in [0.2, 0.25) is 0 Å². The monoisotopic (exact) mass is 646 g/mol. The van der Waals surface area contributed by atoms with E-state index < -0.39 is 12.1 Å². The summed E-state index contributed by atoms with van der Waals surface area (Å²) in [6.45, 7) is 4.26. The van der Waals surface area contributed by atoms with Gasteiger partial charge in [0, 0.05) is 6.42 Å². The largest absolute Gasteiger partial charge is 0.394 e. The van der Waals surface area contributed by atoms with E-state index in [9.17, 15) is 15.0 Å². The molecule has 270 valence electrons. The summed E-state index contributed by atoms with van der Waals surface area (Å²) in [5.41, 5.74) is 0. The quantitative estimate of drug-likeness (QED) is 0.0469. The molecule has 0 radical (unpaired) electrons. The Morgan fingerprint density at radius 2 is 0.891 bits per heavy atom. The molecule has 0 saturated heterocycles. The highest BCUT2D eigenvalue weighted by molar-refractivity contribution is 5.76. The van der Waals surface area contributed by atoms with Crippen LogP contribution in [-0.4, -0.2) is 34.9 Å². The SMILES string of the molecule is CCCCCCC/C=C\C/C=C\C/C=C\CCCCCCCCCCCCCCCCC(=O)NC(CO)C(O)CCCCCCC. The molecule has 0 spiro atoms. The van der Waals surface area contributed by atoms with Crippen molar-refractivity contribution in [1.29, 1.82) is 0 Å². The van der Waals surface area contributed by atoms with Gasteiger partial charge in [-0.05, 0) is 51.4 Å². The molecule has 0 heterocycles. The van der Waals surface area contributed by atoms with Crippen LogP contribution in [0.3, 0.4) is 0 Å². The molecule has 1 amide bonds. The molecule has 0 rings (SSSR count). The van der Waals surface area contributed by atoms with E-state index in [1.807, 2.05) is 0 Å². The standard InChI is InChI=1S/C42H79NO3/c1-3-5-7-9-10-11-12-13-14-15-16-17-18-19-20-21-22-23-24-25-26-27-28-29-30-31-32-34-36-38-42(46)43-40(39-44)41(45)37-35-33-8-6-4-2/h12-13,15-16,18-19,40-41,44-45H,3-11,14,17,20-39H2,1-2H3,(H,43,46)/b13-12-,16-15-,19-18-. The first kappa shape index (κ1) is 44.6. The smallest absolute Gasteiger partial charge is 0.220 e. The first-order valence-electron chi connectivity index (χ1n) is 20.2. The van der Waals surface area contributed by atoms with Crippen molar-refractivity contribution in [2.75, 3.05) is 6.61 Å². The summed E-state index contributed by atoms with van der Waals surface area (Å²) in [7, 11) is 0. The van der Waals surface area contributed by atoms with E-state index in [1.165, 1.54) is 141 Å². The Bertz CT molecular complexity index is 701. The zero-order valence-corrected chi connectivity index (χ0v) is 30.8. The van der Waals surface area contributed by atoms with Crippen molar-refractivity contribution in [3.05, 3.63) is 36.5 Å². The van der Waals surface area contributed by atoms with Crippen molar-refractivity contribution in [1.82, 2.24) is 5.32 Å². The van der Waals surface area contributed by atoms with Crippen LogP contribution in [0.5, 0.6) is 0 Å². The Labute approximate surface area is 287 Å². The summed E-state index contributed by atoms with van der Waals surface area (Å²) in [5.74, 6) is -0.0400. The Kier molecular flexibility index (Phi) is 36.9. The van der Waals surface area contributed by atoms with Crippen molar-refractivity contribution in [2.45, 2.75) is 219 Å². The molecule has 0 aliphatic heterocycles. The van der Waals surface area contributed by atoms with Crippen molar-refractivity contribution in [2.24, 2.45) is 0 Å². The van der Waals surface area contributed by atoms with Gasteiger partial charge >= 0.3 is 0 Å². The molecule has 0 bridgehead atoms. The van der Waals surface area contributed by atoms with Gasteiger partial charge in [-0.2, -0.15) is 0 Å². The van der Waals surface area contributed by atoms with Crippen molar-refractivity contribution in [3.63, 3.8) is 0 Å². The fourth-order valence-electron chi connectivity index (χ4n) is 6.01. The summed E-state index contributed by atoms with van der Waals surface area (Å²) < 4.78 is 0. The summed E-state index contributed by atoms with van der Waals surface area (Å²) in [6.07, 6.45) is 49.6. The van der Waals surface area contributed by atoms with Crippen molar-refractivity contribution >= 4 is 5.91 Å². The number of rotatable bonds is 36.